The SMILES string of the molecule is O=C(CNC1C(=O)N=C2SCCN2C1=O)c1ccccc1. The number of ketones is 1. The maximum atomic E-state index is 12.2. The van der Waals surface area contributed by atoms with Gasteiger partial charge in [0.25, 0.3) is 11.8 Å². The van der Waals surface area contributed by atoms with Gasteiger partial charge >= 0.3 is 0 Å². The van der Waals surface area contributed by atoms with E-state index in [9.17, 15) is 14.4 Å². The van der Waals surface area contributed by atoms with Crippen molar-refractivity contribution >= 4 is 34.5 Å². The smallest absolute Gasteiger partial charge is 0.274 e. The van der Waals surface area contributed by atoms with Crippen LogP contribution in [-0.2, 0) is 9.59 Å². The Labute approximate surface area is 125 Å². The molecule has 2 aliphatic heterocycles. The molecule has 1 fully saturated rings. The van der Waals surface area contributed by atoms with Crippen LogP contribution < -0.4 is 5.32 Å². The molecule has 2 heterocycles. The van der Waals surface area contributed by atoms with E-state index in [4.69, 9.17) is 0 Å². The summed E-state index contributed by atoms with van der Waals surface area (Å²) in [6.07, 6.45) is 0. The molecule has 21 heavy (non-hydrogen) atoms. The molecule has 2 amide bonds. The van der Waals surface area contributed by atoms with Crippen molar-refractivity contribution in [1.82, 2.24) is 10.2 Å². The fourth-order valence-electron chi connectivity index (χ4n) is 2.21. The Bertz CT molecular complexity index is 630. The molecule has 2 aliphatic rings. The molecular formula is C14H13N3O3S. The molecule has 1 aromatic carbocycles. The van der Waals surface area contributed by atoms with Crippen LogP contribution in [0.4, 0.5) is 0 Å². The molecule has 0 radical (unpaired) electrons. The first-order valence-corrected chi connectivity index (χ1v) is 7.54. The summed E-state index contributed by atoms with van der Waals surface area (Å²) in [5.41, 5.74) is 0.543. The Hall–Kier alpha value is -1.99. The van der Waals surface area contributed by atoms with Gasteiger partial charge < -0.3 is 0 Å². The predicted molar refractivity (Wildman–Crippen MR) is 79.2 cm³/mol. The van der Waals surface area contributed by atoms with Crippen LogP contribution in [0.15, 0.2) is 35.3 Å². The van der Waals surface area contributed by atoms with Crippen molar-refractivity contribution in [3.63, 3.8) is 0 Å². The number of benzene rings is 1. The zero-order valence-corrected chi connectivity index (χ0v) is 11.9. The van der Waals surface area contributed by atoms with E-state index in [1.807, 2.05) is 6.07 Å². The van der Waals surface area contributed by atoms with E-state index in [1.165, 1.54) is 16.7 Å². The van der Waals surface area contributed by atoms with Gasteiger partial charge in [0.2, 0.25) is 0 Å². The zero-order valence-electron chi connectivity index (χ0n) is 11.1. The number of amides is 2. The van der Waals surface area contributed by atoms with Crippen LogP contribution in [0.2, 0.25) is 0 Å². The fourth-order valence-corrected chi connectivity index (χ4v) is 3.16. The van der Waals surface area contributed by atoms with Crippen molar-refractivity contribution in [3.8, 4) is 0 Å². The van der Waals surface area contributed by atoms with E-state index < -0.39 is 11.9 Å². The fraction of sp³-hybridized carbons (Fsp3) is 0.286. The topological polar surface area (TPSA) is 78.8 Å². The first-order valence-electron chi connectivity index (χ1n) is 6.55. The summed E-state index contributed by atoms with van der Waals surface area (Å²) in [6.45, 7) is 0.485. The van der Waals surface area contributed by atoms with Gasteiger partial charge in [0, 0.05) is 17.9 Å². The number of rotatable bonds is 4. The number of aliphatic imine (C=N–C) groups is 1. The molecule has 0 aromatic heterocycles. The average molecular weight is 303 g/mol. The van der Waals surface area contributed by atoms with E-state index >= 15 is 0 Å². The number of carbonyl (C=O) groups excluding carboxylic acids is 3. The largest absolute Gasteiger partial charge is 0.293 e. The lowest BCUT2D eigenvalue weighted by atomic mass is 10.1. The van der Waals surface area contributed by atoms with Crippen LogP contribution in [-0.4, -0.2) is 52.5 Å². The standard InChI is InChI=1S/C14H13N3O3S/c18-10(9-4-2-1-3-5-9)8-15-11-12(19)16-14-17(13(11)20)6-7-21-14/h1-5,11,15H,6-8H2. The molecule has 3 rings (SSSR count). The van der Waals surface area contributed by atoms with Crippen molar-refractivity contribution in [2.24, 2.45) is 4.99 Å². The lowest BCUT2D eigenvalue weighted by Gasteiger charge is -2.25. The first kappa shape index (κ1) is 14.0. The van der Waals surface area contributed by atoms with Crippen molar-refractivity contribution in [2.75, 3.05) is 18.8 Å². The number of amidine groups is 1. The Balaban J connectivity index is 1.67. The van der Waals surface area contributed by atoms with Crippen molar-refractivity contribution in [3.05, 3.63) is 35.9 Å². The molecule has 0 spiro atoms. The molecule has 7 heteroatoms. The quantitative estimate of drug-likeness (QED) is 0.639. The first-order chi connectivity index (χ1) is 10.2. The predicted octanol–water partition coefficient (Wildman–Crippen LogP) is 0.299. The van der Waals surface area contributed by atoms with Gasteiger partial charge in [-0.15, -0.1) is 0 Å². The van der Waals surface area contributed by atoms with Crippen LogP contribution >= 0.6 is 11.8 Å². The van der Waals surface area contributed by atoms with Gasteiger partial charge in [0.05, 0.1) is 6.54 Å². The third-order valence-electron chi connectivity index (χ3n) is 3.31. The second kappa shape index (κ2) is 5.79. The Morgan fingerprint density at radius 3 is 2.86 bits per heavy atom. The number of Topliss-reactive ketones (excluding diaryl/α,β-unsaturated/α-hetero) is 1. The van der Waals surface area contributed by atoms with Crippen molar-refractivity contribution in [1.29, 1.82) is 0 Å². The van der Waals surface area contributed by atoms with Crippen LogP contribution in [0, 0.1) is 0 Å². The highest BCUT2D eigenvalue weighted by Gasteiger charge is 2.40. The maximum absolute atomic E-state index is 12.2. The summed E-state index contributed by atoms with van der Waals surface area (Å²) < 4.78 is 0. The molecule has 0 bridgehead atoms. The van der Waals surface area contributed by atoms with E-state index in [0.717, 1.165) is 5.75 Å². The van der Waals surface area contributed by atoms with Gasteiger partial charge in [-0.25, -0.2) is 0 Å². The molecule has 6 nitrogen and oxygen atoms in total. The second-order valence-corrected chi connectivity index (χ2v) is 5.74. The maximum Gasteiger partial charge on any atom is 0.274 e. The molecule has 1 saturated heterocycles. The molecule has 108 valence electrons. The van der Waals surface area contributed by atoms with E-state index in [1.54, 1.807) is 24.3 Å². The summed E-state index contributed by atoms with van der Waals surface area (Å²) in [6, 6.07) is 7.69. The van der Waals surface area contributed by atoms with Gasteiger partial charge in [-0.1, -0.05) is 42.1 Å². The lowest BCUT2D eigenvalue weighted by Crippen LogP contribution is -2.55. The van der Waals surface area contributed by atoms with E-state index in [-0.39, 0.29) is 18.2 Å². The monoisotopic (exact) mass is 303 g/mol. The Kier molecular flexibility index (Phi) is 3.85. The highest BCUT2D eigenvalue weighted by Crippen LogP contribution is 2.22. The van der Waals surface area contributed by atoms with Gasteiger partial charge in [-0.2, -0.15) is 4.99 Å². The normalized spacial score (nSPS) is 21.2. The molecule has 1 aromatic rings. The number of hydrogen-bond acceptors (Lipinski definition) is 5. The average Bonchev–Trinajstić information content (AvgIpc) is 2.96. The summed E-state index contributed by atoms with van der Waals surface area (Å²) in [4.78, 5) is 41.5. The Morgan fingerprint density at radius 1 is 1.33 bits per heavy atom. The van der Waals surface area contributed by atoms with Crippen LogP contribution in [0.5, 0.6) is 0 Å². The number of fused-ring (bicyclic) bond motifs is 1. The molecular weight excluding hydrogens is 290 g/mol. The van der Waals surface area contributed by atoms with Gasteiger partial charge in [-0.05, 0) is 0 Å². The van der Waals surface area contributed by atoms with Gasteiger partial charge in [-0.3, -0.25) is 24.6 Å². The third kappa shape index (κ3) is 2.74. The molecule has 0 aliphatic carbocycles. The minimum atomic E-state index is -1.06. The summed E-state index contributed by atoms with van der Waals surface area (Å²) in [7, 11) is 0. The van der Waals surface area contributed by atoms with Crippen LogP contribution in [0.1, 0.15) is 10.4 Å². The minimum absolute atomic E-state index is 0.0714. The summed E-state index contributed by atoms with van der Waals surface area (Å²) >= 11 is 1.40. The van der Waals surface area contributed by atoms with Gasteiger partial charge in [0.15, 0.2) is 17.0 Å². The van der Waals surface area contributed by atoms with E-state index in [2.05, 4.69) is 10.3 Å². The summed E-state index contributed by atoms with van der Waals surface area (Å²) in [5.74, 6) is -0.271. The third-order valence-corrected chi connectivity index (χ3v) is 4.26. The minimum Gasteiger partial charge on any atom is -0.293 e. The number of thioether (sulfide) groups is 1. The molecule has 1 N–H and O–H groups in total. The highest BCUT2D eigenvalue weighted by atomic mass is 32.2. The number of hydrogen-bond donors (Lipinski definition) is 1. The van der Waals surface area contributed by atoms with Crippen molar-refractivity contribution in [2.45, 2.75) is 6.04 Å². The highest BCUT2D eigenvalue weighted by molar-refractivity contribution is 8.14. The molecule has 0 saturated carbocycles. The van der Waals surface area contributed by atoms with Crippen molar-refractivity contribution < 1.29 is 14.4 Å². The number of nitrogens with one attached hydrogen (secondary N) is 1. The van der Waals surface area contributed by atoms with Crippen LogP contribution in [0.25, 0.3) is 0 Å². The van der Waals surface area contributed by atoms with Crippen LogP contribution in [0.3, 0.4) is 0 Å². The number of nitrogens with zero attached hydrogens (tertiary/aromatic N) is 2. The second-order valence-electron chi connectivity index (χ2n) is 4.67. The lowest BCUT2D eigenvalue weighted by molar-refractivity contribution is -0.136. The summed E-state index contributed by atoms with van der Waals surface area (Å²) in [5, 5.41) is 3.20. The van der Waals surface area contributed by atoms with Gasteiger partial charge in [0.1, 0.15) is 0 Å². The Morgan fingerprint density at radius 2 is 2.10 bits per heavy atom. The number of carbonyl (C=O) groups is 3. The molecule has 1 unspecified atom stereocenters. The zero-order chi connectivity index (χ0) is 14.8. The molecule has 1 atom stereocenters. The van der Waals surface area contributed by atoms with E-state index in [0.29, 0.717) is 17.3 Å².